The van der Waals surface area contributed by atoms with Crippen molar-refractivity contribution < 1.29 is 18.7 Å². The molecular formula is C26H28FN3O3. The van der Waals surface area contributed by atoms with Crippen LogP contribution >= 0.6 is 0 Å². The van der Waals surface area contributed by atoms with E-state index in [4.69, 9.17) is 9.47 Å². The minimum absolute atomic E-state index is 0.0189. The van der Waals surface area contributed by atoms with Crippen LogP contribution in [0.3, 0.4) is 0 Å². The number of para-hydroxylation sites is 1. The van der Waals surface area contributed by atoms with E-state index >= 15 is 0 Å². The zero-order chi connectivity index (χ0) is 23.0. The molecule has 0 radical (unpaired) electrons. The van der Waals surface area contributed by atoms with Gasteiger partial charge in [0.1, 0.15) is 6.10 Å². The summed E-state index contributed by atoms with van der Waals surface area (Å²) in [5.74, 6) is -0.0785. The Kier molecular flexibility index (Phi) is 5.66. The summed E-state index contributed by atoms with van der Waals surface area (Å²) < 4.78 is 27.8. The molecule has 0 aliphatic carbocycles. The fourth-order valence-electron chi connectivity index (χ4n) is 4.91. The molecule has 0 unspecified atom stereocenters. The molecule has 2 aliphatic heterocycles. The summed E-state index contributed by atoms with van der Waals surface area (Å²) in [7, 11) is 0. The van der Waals surface area contributed by atoms with Crippen LogP contribution in [-0.4, -0.2) is 52.0 Å². The first kappa shape index (κ1) is 21.6. The first-order chi connectivity index (χ1) is 15.9. The number of ether oxygens (including phenoxy) is 2. The average Bonchev–Trinajstić information content (AvgIpc) is 3.37. The van der Waals surface area contributed by atoms with Crippen molar-refractivity contribution in [1.82, 2.24) is 14.7 Å². The summed E-state index contributed by atoms with van der Waals surface area (Å²) in [6.07, 6.45) is 2.01. The van der Waals surface area contributed by atoms with Crippen molar-refractivity contribution in [3.63, 3.8) is 0 Å². The molecular weight excluding hydrogens is 421 g/mol. The second-order valence-corrected chi connectivity index (χ2v) is 9.05. The van der Waals surface area contributed by atoms with E-state index < -0.39 is 0 Å². The molecule has 1 spiro atoms. The van der Waals surface area contributed by atoms with E-state index in [0.29, 0.717) is 31.7 Å². The smallest absolute Gasteiger partial charge is 0.253 e. The molecule has 1 atom stereocenters. The molecule has 2 saturated heterocycles. The third kappa shape index (κ3) is 4.37. The molecule has 0 saturated carbocycles. The van der Waals surface area contributed by atoms with E-state index in [1.807, 2.05) is 53.8 Å². The van der Waals surface area contributed by atoms with E-state index in [1.165, 1.54) is 6.07 Å². The van der Waals surface area contributed by atoms with E-state index in [0.717, 1.165) is 29.9 Å². The minimum Gasteiger partial charge on any atom is -0.485 e. The van der Waals surface area contributed by atoms with E-state index in [1.54, 1.807) is 18.2 Å². The first-order valence-corrected chi connectivity index (χ1v) is 11.4. The lowest BCUT2D eigenvalue weighted by atomic mass is 9.87. The molecule has 5 rings (SSSR count). The number of amides is 1. The number of piperidine rings is 1. The zero-order valence-electron chi connectivity index (χ0n) is 19.0. The van der Waals surface area contributed by atoms with Gasteiger partial charge in [-0.05, 0) is 63.1 Å². The van der Waals surface area contributed by atoms with E-state index in [9.17, 15) is 9.18 Å². The van der Waals surface area contributed by atoms with Crippen molar-refractivity contribution in [3.8, 4) is 11.4 Å². The quantitative estimate of drug-likeness (QED) is 0.590. The van der Waals surface area contributed by atoms with E-state index in [2.05, 4.69) is 5.10 Å². The number of hydrogen-bond donors (Lipinski definition) is 0. The van der Waals surface area contributed by atoms with Crippen molar-refractivity contribution in [3.05, 3.63) is 77.4 Å². The molecule has 3 heterocycles. The summed E-state index contributed by atoms with van der Waals surface area (Å²) in [6.45, 7) is 5.64. The van der Waals surface area contributed by atoms with Gasteiger partial charge in [-0.3, -0.25) is 4.79 Å². The van der Waals surface area contributed by atoms with Crippen LogP contribution in [-0.2, 0) is 4.74 Å². The predicted octanol–water partition coefficient (Wildman–Crippen LogP) is 4.47. The van der Waals surface area contributed by atoms with Gasteiger partial charge < -0.3 is 14.4 Å². The van der Waals surface area contributed by atoms with E-state index in [-0.39, 0.29) is 29.2 Å². The lowest BCUT2D eigenvalue weighted by molar-refractivity contribution is -0.0396. The van der Waals surface area contributed by atoms with Crippen LogP contribution in [0, 0.1) is 19.7 Å². The van der Waals surface area contributed by atoms with Crippen LogP contribution in [0.2, 0.25) is 0 Å². The highest BCUT2D eigenvalue weighted by atomic mass is 19.1. The van der Waals surface area contributed by atoms with Gasteiger partial charge in [-0.15, -0.1) is 0 Å². The molecule has 3 aromatic rings. The van der Waals surface area contributed by atoms with Gasteiger partial charge in [0.25, 0.3) is 5.91 Å². The second kappa shape index (κ2) is 8.63. The molecule has 2 aliphatic rings. The SMILES string of the molecule is Cc1cc(C)n(-c2cccc(C(=O)N3CCC4(CC3)C[C@@H](Oc3ccccc3F)CO4)c2)n1. The summed E-state index contributed by atoms with van der Waals surface area (Å²) in [5, 5.41) is 4.52. The number of halogens is 1. The molecule has 7 heteroatoms. The summed E-state index contributed by atoms with van der Waals surface area (Å²) in [5.41, 5.74) is 3.20. The van der Waals surface area contributed by atoms with Gasteiger partial charge in [-0.2, -0.15) is 5.10 Å². The Morgan fingerprint density at radius 2 is 1.91 bits per heavy atom. The third-order valence-corrected chi connectivity index (χ3v) is 6.61. The number of likely N-dealkylation sites (tertiary alicyclic amines) is 1. The fraction of sp³-hybridized carbons (Fsp3) is 0.385. The molecule has 6 nitrogen and oxygen atoms in total. The number of nitrogens with zero attached hydrogens (tertiary/aromatic N) is 3. The molecule has 33 heavy (non-hydrogen) atoms. The lowest BCUT2D eigenvalue weighted by Gasteiger charge is -2.38. The molecule has 0 N–H and O–H groups in total. The maximum atomic E-state index is 13.9. The maximum Gasteiger partial charge on any atom is 0.253 e. The minimum atomic E-state index is -0.360. The zero-order valence-corrected chi connectivity index (χ0v) is 19.0. The number of benzene rings is 2. The highest BCUT2D eigenvalue weighted by Crippen LogP contribution is 2.38. The normalized spacial score (nSPS) is 19.7. The number of rotatable bonds is 4. The topological polar surface area (TPSA) is 56.6 Å². The summed E-state index contributed by atoms with van der Waals surface area (Å²) >= 11 is 0. The Hall–Kier alpha value is -3.19. The van der Waals surface area contributed by atoms with Crippen LogP contribution in [0.5, 0.6) is 5.75 Å². The molecule has 1 aromatic heterocycles. The number of carbonyl (C=O) groups excluding carboxylic acids is 1. The van der Waals surface area contributed by atoms with Gasteiger partial charge in [0.2, 0.25) is 0 Å². The van der Waals surface area contributed by atoms with Crippen LogP contribution in [0.15, 0.2) is 54.6 Å². The van der Waals surface area contributed by atoms with Gasteiger partial charge in [0.05, 0.1) is 23.6 Å². The Labute approximate surface area is 192 Å². The van der Waals surface area contributed by atoms with Crippen molar-refractivity contribution in [1.29, 1.82) is 0 Å². The third-order valence-electron chi connectivity index (χ3n) is 6.61. The Morgan fingerprint density at radius 3 is 2.64 bits per heavy atom. The summed E-state index contributed by atoms with van der Waals surface area (Å²) in [6, 6.07) is 16.1. The molecule has 0 bridgehead atoms. The van der Waals surface area contributed by atoms with Gasteiger partial charge in [-0.1, -0.05) is 18.2 Å². The Balaban J connectivity index is 1.22. The number of aryl methyl sites for hydroxylation is 2. The first-order valence-electron chi connectivity index (χ1n) is 11.4. The van der Waals surface area contributed by atoms with Gasteiger partial charge in [0, 0.05) is 30.8 Å². The monoisotopic (exact) mass is 449 g/mol. The van der Waals surface area contributed by atoms with Crippen LogP contribution in [0.4, 0.5) is 4.39 Å². The van der Waals surface area contributed by atoms with Gasteiger partial charge in [-0.25, -0.2) is 9.07 Å². The van der Waals surface area contributed by atoms with Crippen molar-refractivity contribution in [2.24, 2.45) is 0 Å². The standard InChI is InChI=1S/C26H28FN3O3/c1-18-14-19(2)30(28-18)21-7-5-6-20(15-21)25(31)29-12-10-26(11-13-29)16-22(17-32-26)33-24-9-4-3-8-23(24)27/h3-9,14-15,22H,10-13,16-17H2,1-2H3/t22-/m1/s1. The van der Waals surface area contributed by atoms with Gasteiger partial charge >= 0.3 is 0 Å². The van der Waals surface area contributed by atoms with Gasteiger partial charge in [0.15, 0.2) is 11.6 Å². The highest BCUT2D eigenvalue weighted by Gasteiger charge is 2.44. The van der Waals surface area contributed by atoms with Crippen LogP contribution in [0.1, 0.15) is 41.0 Å². The number of carbonyl (C=O) groups is 1. The number of hydrogen-bond acceptors (Lipinski definition) is 4. The fourth-order valence-corrected chi connectivity index (χ4v) is 4.91. The van der Waals surface area contributed by atoms with Crippen LogP contribution in [0.25, 0.3) is 5.69 Å². The van der Waals surface area contributed by atoms with Crippen LogP contribution < -0.4 is 4.74 Å². The number of aromatic nitrogens is 2. The average molecular weight is 450 g/mol. The maximum absolute atomic E-state index is 13.9. The molecule has 1 amide bonds. The molecule has 2 aromatic carbocycles. The Morgan fingerprint density at radius 1 is 1.12 bits per heavy atom. The summed E-state index contributed by atoms with van der Waals surface area (Å²) in [4.78, 5) is 15.1. The lowest BCUT2D eigenvalue weighted by Crippen LogP contribution is -2.46. The highest BCUT2D eigenvalue weighted by molar-refractivity contribution is 5.94. The second-order valence-electron chi connectivity index (χ2n) is 9.05. The predicted molar refractivity (Wildman–Crippen MR) is 122 cm³/mol. The molecule has 2 fully saturated rings. The van der Waals surface area contributed by atoms with Crippen molar-refractivity contribution in [2.45, 2.75) is 44.8 Å². The van der Waals surface area contributed by atoms with Crippen molar-refractivity contribution >= 4 is 5.91 Å². The molecule has 172 valence electrons. The Bertz CT molecular complexity index is 1170. The largest absolute Gasteiger partial charge is 0.485 e. The van der Waals surface area contributed by atoms with Crippen molar-refractivity contribution in [2.75, 3.05) is 19.7 Å².